The van der Waals surface area contributed by atoms with Crippen LogP contribution in [0.5, 0.6) is 5.75 Å². The Kier molecular flexibility index (Phi) is 4.20. The Bertz CT molecular complexity index is 512. The molecular weight excluding hydrogens is 269 g/mol. The number of alkyl halides is 3. The summed E-state index contributed by atoms with van der Waals surface area (Å²) in [5.74, 6) is 0.965. The van der Waals surface area contributed by atoms with Crippen molar-refractivity contribution in [3.05, 3.63) is 29.3 Å². The highest BCUT2D eigenvalue weighted by molar-refractivity contribution is 5.88. The van der Waals surface area contributed by atoms with Crippen molar-refractivity contribution in [3.63, 3.8) is 0 Å². The molecule has 3 nitrogen and oxygen atoms in total. The Morgan fingerprint density at radius 3 is 2.70 bits per heavy atom. The summed E-state index contributed by atoms with van der Waals surface area (Å²) in [6.45, 7) is 4.76. The maximum atomic E-state index is 12.9. The van der Waals surface area contributed by atoms with Crippen LogP contribution in [0.15, 0.2) is 23.2 Å². The number of benzene rings is 1. The van der Waals surface area contributed by atoms with Crippen molar-refractivity contribution >= 4 is 5.84 Å². The van der Waals surface area contributed by atoms with Crippen molar-refractivity contribution in [2.75, 3.05) is 13.1 Å². The van der Waals surface area contributed by atoms with Gasteiger partial charge in [0.05, 0.1) is 12.1 Å². The largest absolute Gasteiger partial charge is 0.482 e. The molecule has 0 radical (unpaired) electrons. The van der Waals surface area contributed by atoms with Crippen LogP contribution in [-0.4, -0.2) is 25.0 Å². The normalized spacial score (nSPS) is 16.6. The molecule has 1 aromatic carbocycles. The molecule has 0 spiro atoms. The van der Waals surface area contributed by atoms with Gasteiger partial charge in [-0.15, -0.1) is 0 Å². The van der Waals surface area contributed by atoms with Gasteiger partial charge >= 0.3 is 6.18 Å². The molecule has 1 heterocycles. The lowest BCUT2D eigenvalue weighted by Crippen LogP contribution is -2.35. The molecule has 0 amide bonds. The number of nitrogens with one attached hydrogen (secondary N) is 1. The molecule has 2 rings (SSSR count). The van der Waals surface area contributed by atoms with E-state index in [2.05, 4.69) is 10.3 Å². The minimum absolute atomic E-state index is 0.108. The topological polar surface area (TPSA) is 33.6 Å². The number of ether oxygens (including phenoxy) is 1. The Balaban J connectivity index is 2.25. The molecule has 1 N–H and O–H groups in total. The summed E-state index contributed by atoms with van der Waals surface area (Å²) in [7, 11) is 0. The number of amidine groups is 1. The fourth-order valence-corrected chi connectivity index (χ4v) is 2.17. The van der Waals surface area contributed by atoms with E-state index in [1.807, 2.05) is 6.92 Å². The Morgan fingerprint density at radius 1 is 1.40 bits per heavy atom. The quantitative estimate of drug-likeness (QED) is 0.922. The lowest BCUT2D eigenvalue weighted by molar-refractivity contribution is -0.138. The molecule has 0 saturated heterocycles. The summed E-state index contributed by atoms with van der Waals surface area (Å²) >= 11 is 0. The van der Waals surface area contributed by atoms with E-state index in [9.17, 15) is 13.2 Å². The highest BCUT2D eigenvalue weighted by Gasteiger charge is 2.33. The SMILES string of the molecule is CCC(Oc1cccc(C(F)(F)F)c1C)C1=NCCN1. The van der Waals surface area contributed by atoms with Gasteiger partial charge in [-0.05, 0) is 25.5 Å². The van der Waals surface area contributed by atoms with E-state index >= 15 is 0 Å². The molecule has 110 valence electrons. The fraction of sp³-hybridized carbons (Fsp3) is 0.500. The second-order valence-corrected chi connectivity index (χ2v) is 4.63. The van der Waals surface area contributed by atoms with Crippen molar-refractivity contribution in [2.24, 2.45) is 4.99 Å². The predicted molar refractivity (Wildman–Crippen MR) is 71.2 cm³/mol. The van der Waals surface area contributed by atoms with Gasteiger partial charge in [0.15, 0.2) is 6.10 Å². The molecule has 0 saturated carbocycles. The third-order valence-electron chi connectivity index (χ3n) is 3.23. The van der Waals surface area contributed by atoms with Crippen LogP contribution >= 0.6 is 0 Å². The van der Waals surface area contributed by atoms with Crippen molar-refractivity contribution in [2.45, 2.75) is 32.5 Å². The second kappa shape index (κ2) is 5.73. The van der Waals surface area contributed by atoms with Crippen molar-refractivity contribution in [1.82, 2.24) is 5.32 Å². The monoisotopic (exact) mass is 286 g/mol. The molecule has 1 unspecified atom stereocenters. The van der Waals surface area contributed by atoms with E-state index in [1.54, 1.807) is 6.07 Å². The molecule has 6 heteroatoms. The molecule has 0 aromatic heterocycles. The van der Waals surface area contributed by atoms with Crippen LogP contribution in [0.2, 0.25) is 0 Å². The zero-order valence-corrected chi connectivity index (χ0v) is 11.4. The van der Waals surface area contributed by atoms with Crippen LogP contribution in [0, 0.1) is 6.92 Å². The smallest absolute Gasteiger partial charge is 0.416 e. The summed E-state index contributed by atoms with van der Waals surface area (Å²) < 4.78 is 44.3. The number of hydrogen-bond acceptors (Lipinski definition) is 3. The highest BCUT2D eigenvalue weighted by Crippen LogP contribution is 2.35. The van der Waals surface area contributed by atoms with Gasteiger partial charge in [-0.3, -0.25) is 4.99 Å². The Morgan fingerprint density at radius 2 is 2.15 bits per heavy atom. The molecule has 0 aliphatic carbocycles. The third-order valence-corrected chi connectivity index (χ3v) is 3.23. The van der Waals surface area contributed by atoms with Crippen molar-refractivity contribution < 1.29 is 17.9 Å². The minimum atomic E-state index is -4.37. The average molecular weight is 286 g/mol. The number of aliphatic imine (C=N–C) groups is 1. The fourth-order valence-electron chi connectivity index (χ4n) is 2.17. The number of rotatable bonds is 4. The van der Waals surface area contributed by atoms with E-state index in [4.69, 9.17) is 4.74 Å². The molecule has 0 fully saturated rings. The second-order valence-electron chi connectivity index (χ2n) is 4.63. The van der Waals surface area contributed by atoms with Gasteiger partial charge in [0.25, 0.3) is 0 Å². The molecule has 0 bridgehead atoms. The van der Waals surface area contributed by atoms with E-state index in [0.717, 1.165) is 12.6 Å². The van der Waals surface area contributed by atoms with Gasteiger partial charge in [0, 0.05) is 12.1 Å². The third kappa shape index (κ3) is 3.05. The zero-order chi connectivity index (χ0) is 14.8. The summed E-state index contributed by atoms with van der Waals surface area (Å²) in [4.78, 5) is 4.26. The van der Waals surface area contributed by atoms with Crippen molar-refractivity contribution in [3.8, 4) is 5.75 Å². The maximum absolute atomic E-state index is 12.9. The number of nitrogens with zero attached hydrogens (tertiary/aromatic N) is 1. The standard InChI is InChI=1S/C14H17F3N2O/c1-3-11(13-18-7-8-19-13)20-12-6-4-5-10(9(12)2)14(15,16)17/h4-6,11H,3,7-8H2,1-2H3,(H,18,19). The van der Waals surface area contributed by atoms with Gasteiger partial charge in [-0.1, -0.05) is 13.0 Å². The molecular formula is C14H17F3N2O. The van der Waals surface area contributed by atoms with E-state index < -0.39 is 11.7 Å². The van der Waals surface area contributed by atoms with Crippen LogP contribution < -0.4 is 10.1 Å². The summed E-state index contributed by atoms with van der Waals surface area (Å²) in [5, 5.41) is 3.09. The van der Waals surface area contributed by atoms with E-state index in [1.165, 1.54) is 13.0 Å². The zero-order valence-electron chi connectivity index (χ0n) is 11.4. The molecule has 1 atom stereocenters. The van der Waals surface area contributed by atoms with Gasteiger partial charge in [0.1, 0.15) is 11.6 Å². The van der Waals surface area contributed by atoms with Crippen LogP contribution in [0.25, 0.3) is 0 Å². The van der Waals surface area contributed by atoms with Crippen molar-refractivity contribution in [1.29, 1.82) is 0 Å². The van der Waals surface area contributed by atoms with Crippen LogP contribution in [0.4, 0.5) is 13.2 Å². The lowest BCUT2D eigenvalue weighted by atomic mass is 10.1. The summed E-state index contributed by atoms with van der Waals surface area (Å²) in [6, 6.07) is 3.99. The Hall–Kier alpha value is -1.72. The highest BCUT2D eigenvalue weighted by atomic mass is 19.4. The van der Waals surface area contributed by atoms with E-state index in [-0.39, 0.29) is 17.4 Å². The minimum Gasteiger partial charge on any atom is -0.482 e. The Labute approximate surface area is 115 Å². The van der Waals surface area contributed by atoms with E-state index in [0.29, 0.717) is 18.8 Å². The van der Waals surface area contributed by atoms with Crippen LogP contribution in [-0.2, 0) is 6.18 Å². The molecule has 1 aliphatic heterocycles. The first-order valence-electron chi connectivity index (χ1n) is 6.55. The molecule has 1 aromatic rings. The van der Waals surface area contributed by atoms with Gasteiger partial charge in [-0.2, -0.15) is 13.2 Å². The molecule has 20 heavy (non-hydrogen) atoms. The number of halogens is 3. The summed E-state index contributed by atoms with van der Waals surface area (Å²) in [5.41, 5.74) is -0.553. The predicted octanol–water partition coefficient (Wildman–Crippen LogP) is 3.17. The maximum Gasteiger partial charge on any atom is 0.416 e. The van der Waals surface area contributed by atoms with Gasteiger partial charge in [-0.25, -0.2) is 0 Å². The lowest BCUT2D eigenvalue weighted by Gasteiger charge is -2.21. The first-order valence-corrected chi connectivity index (χ1v) is 6.55. The van der Waals surface area contributed by atoms with Gasteiger partial charge in [0.2, 0.25) is 0 Å². The van der Waals surface area contributed by atoms with Crippen LogP contribution in [0.1, 0.15) is 24.5 Å². The first-order chi connectivity index (χ1) is 9.43. The first kappa shape index (κ1) is 14.7. The average Bonchev–Trinajstić information content (AvgIpc) is 2.90. The summed E-state index contributed by atoms with van der Waals surface area (Å²) in [6.07, 6.45) is -4.06. The molecule has 1 aliphatic rings. The number of hydrogen-bond donors (Lipinski definition) is 1. The van der Waals surface area contributed by atoms with Crippen LogP contribution in [0.3, 0.4) is 0 Å². The van der Waals surface area contributed by atoms with Gasteiger partial charge < -0.3 is 10.1 Å².